The molecule has 0 amide bonds. The molecule has 0 radical (unpaired) electrons. The second-order valence-corrected chi connectivity index (χ2v) is 8.83. The Balaban J connectivity index is 3.27. The van der Waals surface area contributed by atoms with E-state index in [1.54, 1.807) is 0 Å². The van der Waals surface area contributed by atoms with E-state index in [-0.39, 0.29) is 10.8 Å². The van der Waals surface area contributed by atoms with Crippen molar-refractivity contribution in [3.8, 4) is 0 Å². The average molecular weight is 343 g/mol. The van der Waals surface area contributed by atoms with E-state index in [0.29, 0.717) is 0 Å². The topological polar surface area (TPSA) is 40.5 Å². The van der Waals surface area contributed by atoms with Gasteiger partial charge >= 0.3 is 0 Å². The maximum atomic E-state index is 8.95. The van der Waals surface area contributed by atoms with Gasteiger partial charge in [-0.05, 0) is 53.0 Å². The summed E-state index contributed by atoms with van der Waals surface area (Å²) in [4.78, 5) is 0. The van der Waals surface area contributed by atoms with Crippen molar-refractivity contribution in [1.82, 2.24) is 0 Å². The standard InChI is InChI=1S/C23H34O2/c1-16(12-21(24)25)10-9-11-17(2)18-13-19(22(3,4)5)15-20(14-18)23(6,7)8/h9-15,21,24-25H,1-8H3. The van der Waals surface area contributed by atoms with E-state index in [2.05, 4.69) is 72.7 Å². The van der Waals surface area contributed by atoms with Crippen LogP contribution in [0.4, 0.5) is 0 Å². The molecule has 1 aromatic rings. The third-order valence-corrected chi connectivity index (χ3v) is 4.24. The third-order valence-electron chi connectivity index (χ3n) is 4.24. The van der Waals surface area contributed by atoms with Crippen LogP contribution in [0.5, 0.6) is 0 Å². The van der Waals surface area contributed by atoms with Crippen LogP contribution in [-0.4, -0.2) is 16.5 Å². The minimum atomic E-state index is -1.41. The molecule has 1 rings (SSSR count). The van der Waals surface area contributed by atoms with Gasteiger partial charge in [0.15, 0.2) is 6.29 Å². The molecule has 0 aliphatic heterocycles. The molecule has 2 N–H and O–H groups in total. The molecule has 1 aromatic carbocycles. The Morgan fingerprint density at radius 1 is 0.880 bits per heavy atom. The molecule has 0 saturated heterocycles. The first-order valence-corrected chi connectivity index (χ1v) is 8.86. The van der Waals surface area contributed by atoms with E-state index in [1.807, 2.05) is 19.1 Å². The van der Waals surface area contributed by atoms with Crippen LogP contribution in [0.1, 0.15) is 72.1 Å². The zero-order chi connectivity index (χ0) is 19.4. The van der Waals surface area contributed by atoms with Crippen LogP contribution in [0.2, 0.25) is 0 Å². The monoisotopic (exact) mass is 342 g/mol. The Bertz CT molecular complexity index is 643. The zero-order valence-electron chi connectivity index (χ0n) is 17.0. The lowest BCUT2D eigenvalue weighted by Crippen LogP contribution is -2.16. The lowest BCUT2D eigenvalue weighted by Gasteiger charge is -2.26. The van der Waals surface area contributed by atoms with E-state index >= 15 is 0 Å². The molecule has 2 heteroatoms. The summed E-state index contributed by atoms with van der Waals surface area (Å²) in [6, 6.07) is 6.87. The fraction of sp³-hybridized carbons (Fsp3) is 0.478. The van der Waals surface area contributed by atoms with Gasteiger partial charge in [-0.15, -0.1) is 0 Å². The van der Waals surface area contributed by atoms with Crippen molar-refractivity contribution in [3.05, 3.63) is 64.8 Å². The normalized spacial score (nSPS) is 14.7. The van der Waals surface area contributed by atoms with Gasteiger partial charge in [0.25, 0.3) is 0 Å². The first kappa shape index (κ1) is 21.4. The zero-order valence-corrected chi connectivity index (χ0v) is 17.0. The summed E-state index contributed by atoms with van der Waals surface area (Å²) < 4.78 is 0. The molecule has 0 fully saturated rings. The molecule has 0 aromatic heterocycles. The molecule has 0 spiro atoms. The second-order valence-electron chi connectivity index (χ2n) is 8.83. The Labute approximate surface area is 153 Å². The van der Waals surface area contributed by atoms with Gasteiger partial charge in [-0.2, -0.15) is 0 Å². The maximum absolute atomic E-state index is 8.95. The molecular formula is C23H34O2. The van der Waals surface area contributed by atoms with Gasteiger partial charge in [0, 0.05) is 0 Å². The Kier molecular flexibility index (Phi) is 6.99. The largest absolute Gasteiger partial charge is 0.365 e. The molecule has 0 atom stereocenters. The Morgan fingerprint density at radius 3 is 1.76 bits per heavy atom. The summed E-state index contributed by atoms with van der Waals surface area (Å²) in [5.74, 6) is 0. The molecule has 25 heavy (non-hydrogen) atoms. The third kappa shape index (κ3) is 7.01. The Morgan fingerprint density at radius 2 is 1.36 bits per heavy atom. The highest BCUT2D eigenvalue weighted by Crippen LogP contribution is 2.32. The first-order valence-electron chi connectivity index (χ1n) is 8.86. The van der Waals surface area contributed by atoms with Gasteiger partial charge < -0.3 is 10.2 Å². The molecule has 0 heterocycles. The second kappa shape index (κ2) is 8.16. The molecular weight excluding hydrogens is 308 g/mol. The van der Waals surface area contributed by atoms with Gasteiger partial charge in [0.2, 0.25) is 0 Å². The van der Waals surface area contributed by atoms with E-state index in [0.717, 1.165) is 5.57 Å². The van der Waals surface area contributed by atoms with Crippen molar-refractivity contribution >= 4 is 5.57 Å². The molecule has 0 aliphatic carbocycles. The van der Waals surface area contributed by atoms with Gasteiger partial charge in [-0.25, -0.2) is 0 Å². The van der Waals surface area contributed by atoms with Crippen LogP contribution >= 0.6 is 0 Å². The first-order chi connectivity index (χ1) is 11.3. The van der Waals surface area contributed by atoms with Gasteiger partial charge in [-0.3, -0.25) is 0 Å². The van der Waals surface area contributed by atoms with Crippen molar-refractivity contribution in [2.45, 2.75) is 72.5 Å². The predicted molar refractivity (Wildman–Crippen MR) is 109 cm³/mol. The van der Waals surface area contributed by atoms with E-state index in [4.69, 9.17) is 10.2 Å². The number of aliphatic hydroxyl groups excluding tert-OH is 1. The van der Waals surface area contributed by atoms with Crippen LogP contribution < -0.4 is 0 Å². The summed E-state index contributed by atoms with van der Waals surface area (Å²) in [5, 5.41) is 17.9. The average Bonchev–Trinajstić information content (AvgIpc) is 2.44. The highest BCUT2D eigenvalue weighted by atomic mass is 16.5. The van der Waals surface area contributed by atoms with Gasteiger partial charge in [0.1, 0.15) is 0 Å². The van der Waals surface area contributed by atoms with Crippen molar-refractivity contribution in [1.29, 1.82) is 0 Å². The molecule has 2 nitrogen and oxygen atoms in total. The van der Waals surface area contributed by atoms with Gasteiger partial charge in [0.05, 0.1) is 0 Å². The van der Waals surface area contributed by atoms with Gasteiger partial charge in [-0.1, -0.05) is 83.5 Å². The lowest BCUT2D eigenvalue weighted by molar-refractivity contribution is 0.00192. The van der Waals surface area contributed by atoms with Crippen LogP contribution in [0.15, 0.2) is 48.1 Å². The summed E-state index contributed by atoms with van der Waals surface area (Å²) in [5.41, 5.74) is 6.11. The van der Waals surface area contributed by atoms with E-state index < -0.39 is 6.29 Å². The fourth-order valence-corrected chi connectivity index (χ4v) is 2.45. The Hall–Kier alpha value is -1.64. The molecule has 0 saturated carbocycles. The van der Waals surface area contributed by atoms with Crippen LogP contribution in [0.3, 0.4) is 0 Å². The van der Waals surface area contributed by atoms with Crippen molar-refractivity contribution in [3.63, 3.8) is 0 Å². The van der Waals surface area contributed by atoms with Crippen molar-refractivity contribution < 1.29 is 10.2 Å². The molecule has 138 valence electrons. The minimum Gasteiger partial charge on any atom is -0.365 e. The van der Waals surface area contributed by atoms with E-state index in [1.165, 1.54) is 28.3 Å². The minimum absolute atomic E-state index is 0.0999. The van der Waals surface area contributed by atoms with Crippen LogP contribution in [0, 0.1) is 0 Å². The van der Waals surface area contributed by atoms with Crippen molar-refractivity contribution in [2.75, 3.05) is 0 Å². The highest BCUT2D eigenvalue weighted by molar-refractivity contribution is 5.67. The van der Waals surface area contributed by atoms with Crippen LogP contribution in [-0.2, 0) is 10.8 Å². The fourth-order valence-electron chi connectivity index (χ4n) is 2.45. The molecule has 0 aliphatic rings. The summed E-state index contributed by atoms with van der Waals surface area (Å²) in [6.45, 7) is 17.4. The predicted octanol–water partition coefficient (Wildman–Crippen LogP) is 5.50. The SMILES string of the molecule is CC(C=CC=C(C)c1cc(C(C)(C)C)cc(C(C)(C)C)c1)=CC(O)O. The highest BCUT2D eigenvalue weighted by Gasteiger charge is 2.20. The number of aliphatic hydroxyl groups is 2. The lowest BCUT2D eigenvalue weighted by atomic mass is 9.79. The maximum Gasteiger partial charge on any atom is 0.171 e. The number of rotatable bonds is 4. The quantitative estimate of drug-likeness (QED) is 0.560. The van der Waals surface area contributed by atoms with E-state index in [9.17, 15) is 0 Å². The summed E-state index contributed by atoms with van der Waals surface area (Å²) >= 11 is 0. The smallest absolute Gasteiger partial charge is 0.171 e. The number of hydrogen-bond acceptors (Lipinski definition) is 2. The number of allylic oxidation sites excluding steroid dienone is 5. The molecule has 0 unspecified atom stereocenters. The number of benzene rings is 1. The molecule has 0 bridgehead atoms. The summed E-state index contributed by atoms with van der Waals surface area (Å²) in [7, 11) is 0. The van der Waals surface area contributed by atoms with Crippen LogP contribution in [0.25, 0.3) is 5.57 Å². The summed E-state index contributed by atoms with van der Waals surface area (Å²) in [6.07, 6.45) is 5.88. The van der Waals surface area contributed by atoms with Crippen molar-refractivity contribution in [2.24, 2.45) is 0 Å². The number of hydrogen-bond donors (Lipinski definition) is 2.